The monoisotopic (exact) mass is 403 g/mol. The van der Waals surface area contributed by atoms with Gasteiger partial charge in [-0.2, -0.15) is 18.4 Å². The van der Waals surface area contributed by atoms with Crippen LogP contribution in [0.3, 0.4) is 0 Å². The molecular weight excluding hydrogens is 387 g/mol. The Morgan fingerprint density at radius 3 is 2.28 bits per heavy atom. The van der Waals surface area contributed by atoms with Gasteiger partial charge in [-0.05, 0) is 42.3 Å². The lowest BCUT2D eigenvalue weighted by atomic mass is 9.86. The van der Waals surface area contributed by atoms with E-state index in [4.69, 9.17) is 5.26 Å². The molecule has 1 atom stereocenters. The van der Waals surface area contributed by atoms with Crippen molar-refractivity contribution in [2.75, 3.05) is 11.9 Å². The van der Waals surface area contributed by atoms with Crippen LogP contribution in [0.5, 0.6) is 5.75 Å². The number of hydrogen-bond donors (Lipinski definition) is 1. The number of halogens is 3. The Hall–Kier alpha value is -3.54. The Morgan fingerprint density at radius 1 is 1.14 bits per heavy atom. The summed E-state index contributed by atoms with van der Waals surface area (Å²) in [4.78, 5) is 28.1. The van der Waals surface area contributed by atoms with Gasteiger partial charge in [-0.3, -0.25) is 4.79 Å². The fraction of sp³-hybridized carbons (Fsp3) is 0.250. The molecule has 0 aliphatic carbocycles. The van der Waals surface area contributed by atoms with Crippen LogP contribution in [0.1, 0.15) is 30.0 Å². The van der Waals surface area contributed by atoms with Crippen molar-refractivity contribution in [1.29, 1.82) is 5.26 Å². The summed E-state index contributed by atoms with van der Waals surface area (Å²) >= 11 is 0. The number of imide groups is 1. The van der Waals surface area contributed by atoms with E-state index in [0.717, 1.165) is 12.1 Å². The number of nitrogens with zero attached hydrogens (tertiary/aromatic N) is 3. The summed E-state index contributed by atoms with van der Waals surface area (Å²) in [6.45, 7) is 1.68. The van der Waals surface area contributed by atoms with Gasteiger partial charge in [-0.15, -0.1) is 0 Å². The average molecular weight is 403 g/mol. The number of phenols is 1. The predicted molar refractivity (Wildman–Crippen MR) is 96.9 cm³/mol. The van der Waals surface area contributed by atoms with Gasteiger partial charge in [0.2, 0.25) is 0 Å². The first-order valence-corrected chi connectivity index (χ1v) is 8.61. The molecule has 9 heteroatoms. The van der Waals surface area contributed by atoms with Crippen molar-refractivity contribution in [1.82, 2.24) is 4.90 Å². The number of nitriles is 1. The first-order chi connectivity index (χ1) is 13.6. The van der Waals surface area contributed by atoms with Crippen LogP contribution in [0.2, 0.25) is 0 Å². The lowest BCUT2D eigenvalue weighted by molar-refractivity contribution is -0.137. The maximum absolute atomic E-state index is 13.3. The molecule has 1 aliphatic rings. The van der Waals surface area contributed by atoms with E-state index in [1.807, 2.05) is 0 Å². The molecule has 0 spiro atoms. The molecule has 1 unspecified atom stereocenters. The third kappa shape index (κ3) is 2.97. The fourth-order valence-corrected chi connectivity index (χ4v) is 3.61. The van der Waals surface area contributed by atoms with E-state index < -0.39 is 34.8 Å². The molecule has 1 heterocycles. The van der Waals surface area contributed by atoms with Crippen molar-refractivity contribution in [2.45, 2.75) is 25.1 Å². The van der Waals surface area contributed by atoms with Crippen LogP contribution in [0.4, 0.5) is 23.7 Å². The van der Waals surface area contributed by atoms with Crippen LogP contribution in [0, 0.1) is 11.3 Å². The minimum absolute atomic E-state index is 0.0294. The number of aromatic hydroxyl groups is 1. The van der Waals surface area contributed by atoms with Crippen molar-refractivity contribution in [2.24, 2.45) is 0 Å². The summed E-state index contributed by atoms with van der Waals surface area (Å²) in [5.74, 6) is -0.741. The second kappa shape index (κ2) is 6.81. The minimum atomic E-state index is -4.82. The third-order valence-electron chi connectivity index (χ3n) is 5.15. The maximum atomic E-state index is 13.3. The van der Waals surface area contributed by atoms with Crippen LogP contribution in [-0.2, 0) is 16.5 Å². The van der Waals surface area contributed by atoms with Gasteiger partial charge in [0.1, 0.15) is 11.3 Å². The zero-order valence-electron chi connectivity index (χ0n) is 15.5. The highest BCUT2D eigenvalue weighted by atomic mass is 19.4. The van der Waals surface area contributed by atoms with Crippen LogP contribution in [-0.4, -0.2) is 29.0 Å². The van der Waals surface area contributed by atoms with Gasteiger partial charge in [-0.1, -0.05) is 19.1 Å². The Balaban J connectivity index is 2.16. The fourth-order valence-electron chi connectivity index (χ4n) is 3.61. The molecular formula is C20H16F3N3O3. The number of amides is 3. The average Bonchev–Trinajstić information content (AvgIpc) is 2.88. The normalized spacial score (nSPS) is 19.6. The van der Waals surface area contributed by atoms with E-state index in [1.54, 1.807) is 6.92 Å². The summed E-state index contributed by atoms with van der Waals surface area (Å²) in [5, 5.41) is 18.5. The molecule has 2 aromatic carbocycles. The largest absolute Gasteiger partial charge is 0.508 e. The molecule has 29 heavy (non-hydrogen) atoms. The second-order valence-corrected chi connectivity index (χ2v) is 6.58. The van der Waals surface area contributed by atoms with Gasteiger partial charge in [-0.25, -0.2) is 9.69 Å². The first kappa shape index (κ1) is 20.2. The summed E-state index contributed by atoms with van der Waals surface area (Å²) in [6, 6.07) is 9.09. The van der Waals surface area contributed by atoms with Crippen LogP contribution in [0.15, 0.2) is 42.5 Å². The number of urea groups is 1. The number of anilines is 1. The Labute approximate surface area is 164 Å². The van der Waals surface area contributed by atoms with E-state index in [2.05, 4.69) is 0 Å². The van der Waals surface area contributed by atoms with E-state index in [9.17, 15) is 27.9 Å². The van der Waals surface area contributed by atoms with Crippen molar-refractivity contribution >= 4 is 17.6 Å². The molecule has 3 rings (SSSR count). The maximum Gasteiger partial charge on any atom is 0.417 e. The Morgan fingerprint density at radius 2 is 1.76 bits per heavy atom. The molecule has 0 radical (unpaired) electrons. The SMILES string of the molecule is CCC1(c2ccc(O)cc2)C(=O)N(c2ccc(C#N)c(C(F)(F)F)c2)C(=O)N1C. The van der Waals surface area contributed by atoms with E-state index in [1.165, 1.54) is 42.3 Å². The van der Waals surface area contributed by atoms with Gasteiger partial charge in [0.15, 0.2) is 0 Å². The Kier molecular flexibility index (Phi) is 4.74. The molecule has 0 saturated carbocycles. The Bertz CT molecular complexity index is 1030. The molecule has 0 aromatic heterocycles. The van der Waals surface area contributed by atoms with Crippen molar-refractivity contribution in [3.8, 4) is 11.8 Å². The lowest BCUT2D eigenvalue weighted by Gasteiger charge is -2.32. The van der Waals surface area contributed by atoms with Crippen LogP contribution < -0.4 is 4.90 Å². The standard InChI is InChI=1S/C20H16F3N3O3/c1-3-19(13-5-8-15(27)9-6-13)17(28)26(18(29)25(19)2)14-7-4-12(11-24)16(10-14)20(21,22)23/h4-10,27H,3H2,1-2H3. The molecule has 150 valence electrons. The molecule has 1 fully saturated rings. The highest BCUT2D eigenvalue weighted by Crippen LogP contribution is 2.43. The zero-order chi connectivity index (χ0) is 21.6. The highest BCUT2D eigenvalue weighted by molar-refractivity contribution is 6.23. The summed E-state index contributed by atoms with van der Waals surface area (Å²) in [7, 11) is 1.39. The molecule has 6 nitrogen and oxygen atoms in total. The van der Waals surface area contributed by atoms with Crippen LogP contribution in [0.25, 0.3) is 0 Å². The van der Waals surface area contributed by atoms with Gasteiger partial charge >= 0.3 is 12.2 Å². The number of carbonyl (C=O) groups is 2. The molecule has 1 N–H and O–H groups in total. The zero-order valence-corrected chi connectivity index (χ0v) is 15.5. The van der Waals surface area contributed by atoms with E-state index in [-0.39, 0.29) is 17.9 Å². The number of alkyl halides is 3. The number of likely N-dealkylation sites (N-methyl/N-ethyl adjacent to an activating group) is 1. The minimum Gasteiger partial charge on any atom is -0.508 e. The third-order valence-corrected chi connectivity index (χ3v) is 5.15. The smallest absolute Gasteiger partial charge is 0.417 e. The topological polar surface area (TPSA) is 84.6 Å². The quantitative estimate of drug-likeness (QED) is 0.786. The molecule has 1 saturated heterocycles. The first-order valence-electron chi connectivity index (χ1n) is 8.61. The van der Waals surface area contributed by atoms with Crippen LogP contribution >= 0.6 is 0 Å². The number of benzene rings is 2. The summed E-state index contributed by atoms with van der Waals surface area (Å²) in [6.07, 6.45) is -4.66. The molecule has 1 aliphatic heterocycles. The predicted octanol–water partition coefficient (Wildman–Crippen LogP) is 3.99. The lowest BCUT2D eigenvalue weighted by Crippen LogP contribution is -2.44. The van der Waals surface area contributed by atoms with Gasteiger partial charge in [0.05, 0.1) is 22.9 Å². The highest BCUT2D eigenvalue weighted by Gasteiger charge is 2.56. The summed E-state index contributed by atoms with van der Waals surface area (Å²) < 4.78 is 40.0. The van der Waals surface area contributed by atoms with Crippen molar-refractivity contribution in [3.05, 3.63) is 59.2 Å². The molecule has 3 amide bonds. The molecule has 0 bridgehead atoms. The number of rotatable bonds is 3. The number of phenolic OH excluding ortho intramolecular Hbond substituents is 1. The van der Waals surface area contributed by atoms with Gasteiger partial charge < -0.3 is 10.0 Å². The van der Waals surface area contributed by atoms with Crippen molar-refractivity contribution < 1.29 is 27.9 Å². The molecule has 2 aromatic rings. The summed E-state index contributed by atoms with van der Waals surface area (Å²) in [5.41, 5.74) is -3.11. The van der Waals surface area contributed by atoms with E-state index in [0.29, 0.717) is 16.5 Å². The number of carbonyl (C=O) groups excluding carboxylic acids is 2. The van der Waals surface area contributed by atoms with Gasteiger partial charge in [0.25, 0.3) is 5.91 Å². The van der Waals surface area contributed by atoms with Gasteiger partial charge in [0, 0.05) is 7.05 Å². The second-order valence-electron chi connectivity index (χ2n) is 6.58. The number of hydrogen-bond acceptors (Lipinski definition) is 4. The van der Waals surface area contributed by atoms with E-state index >= 15 is 0 Å². The van der Waals surface area contributed by atoms with Crippen molar-refractivity contribution in [3.63, 3.8) is 0 Å².